The first-order valence-electron chi connectivity index (χ1n) is 12.5. The van der Waals surface area contributed by atoms with Gasteiger partial charge in [-0.2, -0.15) is 5.10 Å². The fourth-order valence-corrected chi connectivity index (χ4v) is 3.84. The van der Waals surface area contributed by atoms with Crippen molar-refractivity contribution >= 4 is 41.0 Å². The van der Waals surface area contributed by atoms with E-state index in [1.807, 2.05) is 52.0 Å². The maximum Gasteiger partial charge on any atom is 0.338 e. The number of halogens is 1. The molecule has 10 heteroatoms. The molecule has 0 saturated heterocycles. The van der Waals surface area contributed by atoms with Gasteiger partial charge in [-0.1, -0.05) is 51.4 Å². The second kappa shape index (κ2) is 12.6. The summed E-state index contributed by atoms with van der Waals surface area (Å²) in [6.45, 7) is 10.2. The van der Waals surface area contributed by atoms with E-state index in [2.05, 4.69) is 10.6 Å². The summed E-state index contributed by atoms with van der Waals surface area (Å²) >= 11 is 6.42. The summed E-state index contributed by atoms with van der Waals surface area (Å²) in [5, 5.41) is 10.9. The van der Waals surface area contributed by atoms with Crippen molar-refractivity contribution in [3.8, 4) is 5.69 Å². The molecule has 1 heterocycles. The highest BCUT2D eigenvalue weighted by Gasteiger charge is 2.23. The third-order valence-corrected chi connectivity index (χ3v) is 5.91. The molecule has 0 aliphatic heterocycles. The number of hydrogen-bond acceptors (Lipinski definition) is 5. The van der Waals surface area contributed by atoms with Crippen molar-refractivity contribution < 1.29 is 19.1 Å². The van der Waals surface area contributed by atoms with Crippen molar-refractivity contribution in [2.24, 2.45) is 0 Å². The Morgan fingerprint density at radius 2 is 1.71 bits per heavy atom. The van der Waals surface area contributed by atoms with Crippen LogP contribution in [0, 0.1) is 0 Å². The van der Waals surface area contributed by atoms with Crippen molar-refractivity contribution in [1.82, 2.24) is 14.7 Å². The van der Waals surface area contributed by atoms with Gasteiger partial charge in [-0.3, -0.25) is 4.79 Å². The van der Waals surface area contributed by atoms with E-state index >= 15 is 0 Å². The van der Waals surface area contributed by atoms with Crippen LogP contribution in [0.5, 0.6) is 0 Å². The Labute approximate surface area is 228 Å². The van der Waals surface area contributed by atoms with Gasteiger partial charge in [0, 0.05) is 23.7 Å². The minimum absolute atomic E-state index is 0.168. The minimum atomic E-state index is -0.430. The lowest BCUT2D eigenvalue weighted by atomic mass is 9.92. The predicted octanol–water partition coefficient (Wildman–Crippen LogP) is 5.88. The molecule has 202 valence electrons. The molecule has 0 unspecified atom stereocenters. The zero-order chi connectivity index (χ0) is 27.9. The molecule has 3 aromatic rings. The van der Waals surface area contributed by atoms with Crippen LogP contribution in [0.4, 0.5) is 16.3 Å². The lowest BCUT2D eigenvalue weighted by Gasteiger charge is -2.22. The lowest BCUT2D eigenvalue weighted by Crippen LogP contribution is -2.41. The zero-order valence-corrected chi connectivity index (χ0v) is 23.1. The third-order valence-electron chi connectivity index (χ3n) is 5.59. The van der Waals surface area contributed by atoms with Crippen molar-refractivity contribution in [3.63, 3.8) is 0 Å². The van der Waals surface area contributed by atoms with E-state index in [9.17, 15) is 14.4 Å². The molecule has 2 aromatic carbocycles. The zero-order valence-electron chi connectivity index (χ0n) is 22.4. The number of urea groups is 1. The van der Waals surface area contributed by atoms with Crippen LogP contribution in [0.1, 0.15) is 57.1 Å². The van der Waals surface area contributed by atoms with Crippen LogP contribution < -0.4 is 10.6 Å². The number of rotatable bonds is 9. The Kier molecular flexibility index (Phi) is 9.52. The molecule has 0 saturated carbocycles. The highest BCUT2D eigenvalue weighted by molar-refractivity contribution is 6.32. The van der Waals surface area contributed by atoms with Gasteiger partial charge in [-0.15, -0.1) is 0 Å². The van der Waals surface area contributed by atoms with Crippen molar-refractivity contribution in [1.29, 1.82) is 0 Å². The van der Waals surface area contributed by atoms with E-state index in [0.29, 0.717) is 40.7 Å². The van der Waals surface area contributed by atoms with Crippen molar-refractivity contribution in [2.75, 3.05) is 30.3 Å². The second-order valence-electron chi connectivity index (χ2n) is 9.73. The van der Waals surface area contributed by atoms with Crippen LogP contribution >= 0.6 is 11.6 Å². The van der Waals surface area contributed by atoms with Crippen LogP contribution in [0.2, 0.25) is 5.02 Å². The number of nitrogens with one attached hydrogen (secondary N) is 2. The number of anilines is 2. The number of esters is 1. The molecule has 3 rings (SSSR count). The topological polar surface area (TPSA) is 106 Å². The highest BCUT2D eigenvalue weighted by Crippen LogP contribution is 2.29. The van der Waals surface area contributed by atoms with E-state index in [1.54, 1.807) is 41.9 Å². The number of nitrogens with zero attached hydrogens (tertiary/aromatic N) is 3. The van der Waals surface area contributed by atoms with E-state index in [4.69, 9.17) is 21.4 Å². The second-order valence-corrected chi connectivity index (χ2v) is 10.1. The Morgan fingerprint density at radius 1 is 1.03 bits per heavy atom. The first-order chi connectivity index (χ1) is 18.0. The normalized spacial score (nSPS) is 11.1. The van der Waals surface area contributed by atoms with Gasteiger partial charge >= 0.3 is 12.0 Å². The summed E-state index contributed by atoms with van der Waals surface area (Å²) < 4.78 is 6.59. The predicted molar refractivity (Wildman–Crippen MR) is 149 cm³/mol. The molecule has 0 bridgehead atoms. The Bertz CT molecular complexity index is 1280. The first kappa shape index (κ1) is 28.7. The smallest absolute Gasteiger partial charge is 0.338 e. The summed E-state index contributed by atoms with van der Waals surface area (Å²) in [6.07, 6.45) is 0.661. The van der Waals surface area contributed by atoms with Crippen LogP contribution in [-0.4, -0.2) is 52.3 Å². The van der Waals surface area contributed by atoms with Crippen LogP contribution in [0.15, 0.2) is 54.6 Å². The standard InChI is InChI=1S/C28H34ClN5O4/c1-6-16-33(27(37)30-20-14-12-19(13-15-20)26(36)38-7-2)18-25(35)31-24-17-23(28(3,4)5)32-34(24)22-11-9-8-10-21(22)29/h8-15,17H,6-7,16,18H2,1-5H3,(H,30,37)(H,31,35). The molecule has 2 N–H and O–H groups in total. The fraction of sp³-hybridized carbons (Fsp3) is 0.357. The number of benzene rings is 2. The molecule has 0 atom stereocenters. The van der Waals surface area contributed by atoms with Crippen LogP contribution in [-0.2, 0) is 14.9 Å². The highest BCUT2D eigenvalue weighted by atomic mass is 35.5. The Hall–Kier alpha value is -3.85. The van der Waals surface area contributed by atoms with E-state index < -0.39 is 12.0 Å². The SMILES string of the molecule is CCCN(CC(=O)Nc1cc(C(C)(C)C)nn1-c1ccccc1Cl)C(=O)Nc1ccc(C(=O)OCC)cc1. The molecular weight excluding hydrogens is 506 g/mol. The molecule has 0 radical (unpaired) electrons. The van der Waals surface area contributed by atoms with E-state index in [0.717, 1.165) is 5.69 Å². The van der Waals surface area contributed by atoms with E-state index in [1.165, 1.54) is 4.90 Å². The molecule has 0 aliphatic rings. The summed E-state index contributed by atoms with van der Waals surface area (Å²) in [5.74, 6) is -0.348. The molecule has 38 heavy (non-hydrogen) atoms. The summed E-state index contributed by atoms with van der Waals surface area (Å²) in [6, 6.07) is 15.0. The minimum Gasteiger partial charge on any atom is -0.462 e. The van der Waals surface area contributed by atoms with Gasteiger partial charge in [0.05, 0.1) is 28.6 Å². The number of ether oxygens (including phenoxy) is 1. The number of para-hydroxylation sites is 1. The van der Waals surface area contributed by atoms with E-state index in [-0.39, 0.29) is 24.5 Å². The average molecular weight is 540 g/mol. The Morgan fingerprint density at radius 3 is 2.32 bits per heavy atom. The maximum atomic E-state index is 13.1. The van der Waals surface area contributed by atoms with Gasteiger partial charge in [0.1, 0.15) is 12.4 Å². The van der Waals surface area contributed by atoms with Gasteiger partial charge < -0.3 is 20.3 Å². The molecule has 0 aliphatic carbocycles. The third kappa shape index (κ3) is 7.35. The number of hydrogen-bond donors (Lipinski definition) is 2. The van der Waals surface area contributed by atoms with Gasteiger partial charge in [-0.05, 0) is 49.7 Å². The van der Waals surface area contributed by atoms with Crippen molar-refractivity contribution in [3.05, 3.63) is 70.9 Å². The van der Waals surface area contributed by atoms with Gasteiger partial charge in [0.2, 0.25) is 5.91 Å². The summed E-state index contributed by atoms with van der Waals surface area (Å²) in [5.41, 5.74) is 2.04. The number of amides is 3. The van der Waals surface area contributed by atoms with Crippen molar-refractivity contribution in [2.45, 2.75) is 46.5 Å². The van der Waals surface area contributed by atoms with Gasteiger partial charge in [0.25, 0.3) is 0 Å². The Balaban J connectivity index is 1.75. The largest absolute Gasteiger partial charge is 0.462 e. The number of carbonyl (C=O) groups is 3. The summed E-state index contributed by atoms with van der Waals surface area (Å²) in [4.78, 5) is 39.4. The molecule has 9 nitrogen and oxygen atoms in total. The van der Waals surface area contributed by atoms with Gasteiger partial charge in [0.15, 0.2) is 0 Å². The monoisotopic (exact) mass is 539 g/mol. The molecule has 0 fully saturated rings. The van der Waals surface area contributed by atoms with Crippen LogP contribution in [0.3, 0.4) is 0 Å². The number of aromatic nitrogens is 2. The maximum absolute atomic E-state index is 13.1. The molecule has 3 amide bonds. The fourth-order valence-electron chi connectivity index (χ4n) is 3.63. The van der Waals surface area contributed by atoms with Gasteiger partial charge in [-0.25, -0.2) is 14.3 Å². The quantitative estimate of drug-likeness (QED) is 0.330. The average Bonchev–Trinajstić information content (AvgIpc) is 3.28. The lowest BCUT2D eigenvalue weighted by molar-refractivity contribution is -0.116. The molecule has 1 aromatic heterocycles. The summed E-state index contributed by atoms with van der Waals surface area (Å²) in [7, 11) is 0. The first-order valence-corrected chi connectivity index (χ1v) is 12.9. The number of carbonyl (C=O) groups excluding carboxylic acids is 3. The van der Waals surface area contributed by atoms with Crippen LogP contribution in [0.25, 0.3) is 5.69 Å². The molecular formula is C28H34ClN5O4. The molecule has 0 spiro atoms.